The quantitative estimate of drug-likeness (QED) is 0.926. The van der Waals surface area contributed by atoms with Crippen LogP contribution in [0.5, 0.6) is 0 Å². The Morgan fingerprint density at radius 1 is 1.33 bits per heavy atom. The van der Waals surface area contributed by atoms with Gasteiger partial charge >= 0.3 is 16.4 Å². The second kappa shape index (κ2) is 5.91. The minimum absolute atomic E-state index is 0.196. The van der Waals surface area contributed by atoms with E-state index in [4.69, 9.17) is 5.26 Å². The van der Waals surface area contributed by atoms with E-state index in [9.17, 15) is 21.6 Å². The first-order valence-electron chi connectivity index (χ1n) is 5.86. The SMILES string of the molecule is CC(C)N(C)S(=O)(=O)Nc1ccc(C(F)(F)F)cc1C#N. The van der Waals surface area contributed by atoms with E-state index in [0.29, 0.717) is 12.1 Å². The topological polar surface area (TPSA) is 73.2 Å². The predicted molar refractivity (Wildman–Crippen MR) is 71.6 cm³/mol. The Morgan fingerprint density at radius 3 is 2.33 bits per heavy atom. The van der Waals surface area contributed by atoms with Crippen LogP contribution in [0.15, 0.2) is 18.2 Å². The van der Waals surface area contributed by atoms with Crippen molar-refractivity contribution >= 4 is 15.9 Å². The van der Waals surface area contributed by atoms with Crippen molar-refractivity contribution in [1.82, 2.24) is 4.31 Å². The van der Waals surface area contributed by atoms with Crippen molar-refractivity contribution in [3.63, 3.8) is 0 Å². The first kappa shape index (κ1) is 17.3. The largest absolute Gasteiger partial charge is 0.416 e. The maximum Gasteiger partial charge on any atom is 0.416 e. The molecular formula is C12H14F3N3O2S. The molecule has 0 aromatic heterocycles. The van der Waals surface area contributed by atoms with Crippen molar-refractivity contribution in [2.24, 2.45) is 0 Å². The summed E-state index contributed by atoms with van der Waals surface area (Å²) in [5, 5.41) is 8.89. The first-order valence-corrected chi connectivity index (χ1v) is 7.30. The van der Waals surface area contributed by atoms with Gasteiger partial charge in [0.05, 0.1) is 16.8 Å². The van der Waals surface area contributed by atoms with Gasteiger partial charge in [0.25, 0.3) is 0 Å². The molecule has 0 aliphatic rings. The highest BCUT2D eigenvalue weighted by molar-refractivity contribution is 7.90. The third kappa shape index (κ3) is 4.09. The minimum atomic E-state index is -4.60. The fourth-order valence-corrected chi connectivity index (χ4v) is 2.55. The molecule has 1 aromatic rings. The molecule has 0 saturated heterocycles. The van der Waals surface area contributed by atoms with Crippen molar-refractivity contribution in [2.45, 2.75) is 26.1 Å². The average molecular weight is 321 g/mol. The van der Waals surface area contributed by atoms with Crippen LogP contribution < -0.4 is 4.72 Å². The molecule has 0 bridgehead atoms. The number of rotatable bonds is 4. The number of nitrogens with one attached hydrogen (secondary N) is 1. The molecular weight excluding hydrogens is 307 g/mol. The normalized spacial score (nSPS) is 12.5. The van der Waals surface area contributed by atoms with Crippen LogP contribution in [0.4, 0.5) is 18.9 Å². The van der Waals surface area contributed by atoms with Crippen LogP contribution in [0.1, 0.15) is 25.0 Å². The third-order valence-corrected chi connectivity index (χ3v) is 4.47. The number of hydrogen-bond donors (Lipinski definition) is 1. The van der Waals surface area contributed by atoms with Gasteiger partial charge in [-0.3, -0.25) is 4.72 Å². The summed E-state index contributed by atoms with van der Waals surface area (Å²) < 4.78 is 64.7. The van der Waals surface area contributed by atoms with Gasteiger partial charge in [0.1, 0.15) is 6.07 Å². The van der Waals surface area contributed by atoms with Gasteiger partial charge in [0.15, 0.2) is 0 Å². The lowest BCUT2D eigenvalue weighted by atomic mass is 10.1. The molecule has 21 heavy (non-hydrogen) atoms. The fourth-order valence-electron chi connectivity index (χ4n) is 1.39. The van der Waals surface area contributed by atoms with E-state index >= 15 is 0 Å². The number of nitrogens with zero attached hydrogens (tertiary/aromatic N) is 2. The summed E-state index contributed by atoms with van der Waals surface area (Å²) in [5.41, 5.74) is -1.61. The lowest BCUT2D eigenvalue weighted by Crippen LogP contribution is -2.37. The maximum absolute atomic E-state index is 12.6. The fraction of sp³-hybridized carbons (Fsp3) is 0.417. The lowest BCUT2D eigenvalue weighted by Gasteiger charge is -2.22. The lowest BCUT2D eigenvalue weighted by molar-refractivity contribution is -0.137. The number of alkyl halides is 3. The zero-order chi connectivity index (χ0) is 16.4. The van der Waals surface area contributed by atoms with E-state index < -0.39 is 27.5 Å². The van der Waals surface area contributed by atoms with Crippen molar-refractivity contribution in [3.8, 4) is 6.07 Å². The Kier molecular flexibility index (Phi) is 4.86. The summed E-state index contributed by atoms with van der Waals surface area (Å²) in [5.74, 6) is 0. The molecule has 1 rings (SSSR count). The Morgan fingerprint density at radius 2 is 1.90 bits per heavy atom. The van der Waals surface area contributed by atoms with E-state index in [0.717, 1.165) is 10.4 Å². The molecule has 0 aliphatic heterocycles. The van der Waals surface area contributed by atoms with E-state index in [-0.39, 0.29) is 11.7 Å². The minimum Gasteiger partial charge on any atom is -0.270 e. The maximum atomic E-state index is 12.6. The van der Waals surface area contributed by atoms with Gasteiger partial charge in [-0.15, -0.1) is 0 Å². The van der Waals surface area contributed by atoms with Crippen LogP contribution >= 0.6 is 0 Å². The van der Waals surface area contributed by atoms with Gasteiger partial charge in [-0.25, -0.2) is 0 Å². The Labute approximate surface area is 121 Å². The van der Waals surface area contributed by atoms with Crippen LogP contribution in [0, 0.1) is 11.3 Å². The molecule has 0 amide bonds. The average Bonchev–Trinajstić information content (AvgIpc) is 2.36. The highest BCUT2D eigenvalue weighted by Gasteiger charge is 2.31. The first-order chi connectivity index (χ1) is 9.49. The van der Waals surface area contributed by atoms with Gasteiger partial charge in [-0.2, -0.15) is 31.2 Å². The molecule has 0 unspecified atom stereocenters. The standard InChI is InChI=1S/C12H14F3N3O2S/c1-8(2)18(3)21(19,20)17-11-5-4-10(12(13,14)15)6-9(11)7-16/h4-6,8,17H,1-3H3. The zero-order valence-electron chi connectivity index (χ0n) is 11.6. The number of benzene rings is 1. The van der Waals surface area contributed by atoms with E-state index in [1.54, 1.807) is 19.9 Å². The number of halogens is 3. The molecule has 9 heteroatoms. The molecule has 0 atom stereocenters. The highest BCUT2D eigenvalue weighted by Crippen LogP contribution is 2.32. The molecule has 1 N–H and O–H groups in total. The third-order valence-electron chi connectivity index (χ3n) is 2.81. The summed E-state index contributed by atoms with van der Waals surface area (Å²) in [6.45, 7) is 3.27. The molecule has 0 aliphatic carbocycles. The molecule has 0 radical (unpaired) electrons. The predicted octanol–water partition coefficient (Wildman–Crippen LogP) is 2.57. The van der Waals surface area contributed by atoms with Crippen LogP contribution in [-0.2, 0) is 16.4 Å². The number of hydrogen-bond acceptors (Lipinski definition) is 3. The molecule has 1 aromatic carbocycles. The molecule has 116 valence electrons. The smallest absolute Gasteiger partial charge is 0.270 e. The van der Waals surface area contributed by atoms with Crippen LogP contribution in [-0.4, -0.2) is 25.8 Å². The van der Waals surface area contributed by atoms with Crippen LogP contribution in [0.2, 0.25) is 0 Å². The molecule has 5 nitrogen and oxygen atoms in total. The number of nitriles is 1. The zero-order valence-corrected chi connectivity index (χ0v) is 12.4. The summed E-state index contributed by atoms with van der Waals surface area (Å²) in [4.78, 5) is 0. The summed E-state index contributed by atoms with van der Waals surface area (Å²) in [6.07, 6.45) is -4.60. The second-order valence-electron chi connectivity index (χ2n) is 4.59. The van der Waals surface area contributed by atoms with Gasteiger partial charge in [0.2, 0.25) is 0 Å². The second-order valence-corrected chi connectivity index (χ2v) is 6.32. The van der Waals surface area contributed by atoms with Gasteiger partial charge in [0, 0.05) is 13.1 Å². The Balaban J connectivity index is 3.20. The highest BCUT2D eigenvalue weighted by atomic mass is 32.2. The Hall–Kier alpha value is -1.79. The molecule has 0 fully saturated rings. The molecule has 0 heterocycles. The van der Waals surface area contributed by atoms with Crippen molar-refractivity contribution < 1.29 is 21.6 Å². The van der Waals surface area contributed by atoms with Crippen molar-refractivity contribution in [3.05, 3.63) is 29.3 Å². The van der Waals surface area contributed by atoms with E-state index in [2.05, 4.69) is 4.72 Å². The van der Waals surface area contributed by atoms with E-state index in [1.807, 2.05) is 0 Å². The monoisotopic (exact) mass is 321 g/mol. The van der Waals surface area contributed by atoms with Gasteiger partial charge < -0.3 is 0 Å². The summed E-state index contributed by atoms with van der Waals surface area (Å²) in [6, 6.07) is 3.45. The van der Waals surface area contributed by atoms with E-state index in [1.165, 1.54) is 7.05 Å². The van der Waals surface area contributed by atoms with Crippen LogP contribution in [0.25, 0.3) is 0 Å². The molecule has 0 saturated carbocycles. The van der Waals surface area contributed by atoms with Crippen molar-refractivity contribution in [1.29, 1.82) is 5.26 Å². The number of anilines is 1. The van der Waals surface area contributed by atoms with Crippen LogP contribution in [0.3, 0.4) is 0 Å². The summed E-state index contributed by atoms with van der Waals surface area (Å²) in [7, 11) is -2.62. The molecule has 0 spiro atoms. The van der Waals surface area contributed by atoms with Crippen molar-refractivity contribution in [2.75, 3.05) is 11.8 Å². The van der Waals surface area contributed by atoms with Gasteiger partial charge in [-0.05, 0) is 32.0 Å². The van der Waals surface area contributed by atoms with Gasteiger partial charge in [-0.1, -0.05) is 0 Å². The Bertz CT molecular complexity index is 663. The summed E-state index contributed by atoms with van der Waals surface area (Å²) >= 11 is 0.